The summed E-state index contributed by atoms with van der Waals surface area (Å²) in [5.74, 6) is -2.79. The predicted octanol–water partition coefficient (Wildman–Crippen LogP) is 6.57. The number of ether oxygens (including phenoxy) is 2. The molecule has 3 aromatic carbocycles. The van der Waals surface area contributed by atoms with Crippen molar-refractivity contribution in [3.8, 4) is 11.5 Å². The molecule has 192 valence electrons. The van der Waals surface area contributed by atoms with Gasteiger partial charge in [-0.05, 0) is 49.7 Å². The second-order valence-electron chi connectivity index (χ2n) is 8.21. The molecular formula is C27H21ClF3NO5. The van der Waals surface area contributed by atoms with Crippen LogP contribution in [0.2, 0.25) is 5.02 Å². The Bertz CT molecular complexity index is 1400. The normalized spacial score (nSPS) is 17.2. The summed E-state index contributed by atoms with van der Waals surface area (Å²) in [6.45, 7) is 3.86. The Kier molecular flexibility index (Phi) is 7.18. The molecule has 0 spiro atoms. The topological polar surface area (TPSA) is 76.1 Å². The molecule has 10 heteroatoms. The van der Waals surface area contributed by atoms with Gasteiger partial charge in [0.2, 0.25) is 0 Å². The number of carbonyl (C=O) groups excluding carboxylic acids is 2. The molecule has 0 radical (unpaired) electrons. The predicted molar refractivity (Wildman–Crippen MR) is 132 cm³/mol. The van der Waals surface area contributed by atoms with Crippen LogP contribution in [0.25, 0.3) is 5.76 Å². The van der Waals surface area contributed by atoms with Crippen molar-refractivity contribution < 1.29 is 37.3 Å². The van der Waals surface area contributed by atoms with Crippen molar-refractivity contribution in [2.75, 3.05) is 11.5 Å². The number of aliphatic hydroxyl groups excluding tert-OH is 1. The van der Waals surface area contributed by atoms with E-state index in [0.717, 1.165) is 22.6 Å². The number of Topliss-reactive ketones (excluding diaryl/α,β-unsaturated/α-hetero) is 1. The molecule has 1 saturated heterocycles. The fraction of sp³-hybridized carbons (Fsp3) is 0.185. The van der Waals surface area contributed by atoms with E-state index in [2.05, 4.69) is 4.74 Å². The minimum Gasteiger partial charge on any atom is -0.507 e. The molecule has 1 atom stereocenters. The van der Waals surface area contributed by atoms with Crippen molar-refractivity contribution in [2.24, 2.45) is 0 Å². The molecule has 0 aromatic heterocycles. The Morgan fingerprint density at radius 2 is 1.78 bits per heavy atom. The quantitative estimate of drug-likeness (QED) is 0.221. The van der Waals surface area contributed by atoms with Crippen LogP contribution in [-0.4, -0.2) is 29.8 Å². The Balaban J connectivity index is 1.91. The van der Waals surface area contributed by atoms with Crippen molar-refractivity contribution in [3.05, 3.63) is 94.0 Å². The molecule has 1 aliphatic rings. The highest BCUT2D eigenvalue weighted by Gasteiger charge is 2.47. The number of amides is 1. The molecule has 1 amide bonds. The molecule has 1 unspecified atom stereocenters. The van der Waals surface area contributed by atoms with Crippen LogP contribution in [0.1, 0.15) is 29.7 Å². The molecule has 4 rings (SSSR count). The fourth-order valence-corrected chi connectivity index (χ4v) is 4.33. The van der Waals surface area contributed by atoms with Gasteiger partial charge in [0.05, 0.1) is 23.2 Å². The first-order valence-electron chi connectivity index (χ1n) is 11.2. The lowest BCUT2D eigenvalue weighted by molar-refractivity contribution is -0.274. The van der Waals surface area contributed by atoms with E-state index in [0.29, 0.717) is 12.2 Å². The van der Waals surface area contributed by atoms with Gasteiger partial charge in [-0.25, -0.2) is 0 Å². The maximum absolute atomic E-state index is 13.3. The van der Waals surface area contributed by atoms with Crippen LogP contribution >= 0.6 is 11.6 Å². The number of nitrogens with zero attached hydrogens (tertiary/aromatic N) is 1. The standard InChI is InChI=1S/C27H21ClF3NO5/c1-3-36-21-13-17(10-11-20(21)28)24(33)22-23(16-7-4-6-15(2)12-16)32(26(35)25(22)34)18-8-5-9-19(14-18)37-27(29,30)31/h4-14,23,33H,3H2,1-2H3/b24-22+. The highest BCUT2D eigenvalue weighted by atomic mass is 35.5. The molecular weight excluding hydrogens is 511 g/mol. The maximum Gasteiger partial charge on any atom is 0.573 e. The Hall–Kier alpha value is -3.98. The van der Waals surface area contributed by atoms with E-state index < -0.39 is 35.6 Å². The minimum absolute atomic E-state index is 0.0134. The number of hydrogen-bond acceptors (Lipinski definition) is 5. The van der Waals surface area contributed by atoms with E-state index in [9.17, 15) is 27.9 Å². The smallest absolute Gasteiger partial charge is 0.507 e. The van der Waals surface area contributed by atoms with Gasteiger partial charge in [-0.2, -0.15) is 0 Å². The maximum atomic E-state index is 13.3. The molecule has 0 bridgehead atoms. The largest absolute Gasteiger partial charge is 0.573 e. The molecule has 0 aliphatic carbocycles. The summed E-state index contributed by atoms with van der Waals surface area (Å²) >= 11 is 6.15. The van der Waals surface area contributed by atoms with Crippen molar-refractivity contribution in [1.29, 1.82) is 0 Å². The first-order valence-corrected chi connectivity index (χ1v) is 11.5. The van der Waals surface area contributed by atoms with E-state index in [-0.39, 0.29) is 27.6 Å². The molecule has 6 nitrogen and oxygen atoms in total. The number of anilines is 1. The van der Waals surface area contributed by atoms with Crippen molar-refractivity contribution >= 4 is 34.7 Å². The summed E-state index contributed by atoms with van der Waals surface area (Å²) in [6.07, 6.45) is -4.95. The lowest BCUT2D eigenvalue weighted by atomic mass is 9.94. The molecule has 3 aromatic rings. The minimum atomic E-state index is -4.95. The van der Waals surface area contributed by atoms with Gasteiger partial charge in [0.25, 0.3) is 11.7 Å². The second kappa shape index (κ2) is 10.2. The van der Waals surface area contributed by atoms with Gasteiger partial charge in [-0.15, -0.1) is 13.2 Å². The first kappa shape index (κ1) is 26.1. The summed E-state index contributed by atoms with van der Waals surface area (Å²) in [6, 6.07) is 14.9. The van der Waals surface area contributed by atoms with E-state index in [1.54, 1.807) is 38.1 Å². The zero-order valence-electron chi connectivity index (χ0n) is 19.7. The van der Waals surface area contributed by atoms with E-state index >= 15 is 0 Å². The van der Waals surface area contributed by atoms with Gasteiger partial charge in [-0.3, -0.25) is 14.5 Å². The highest BCUT2D eigenvalue weighted by Crippen LogP contribution is 2.43. The van der Waals surface area contributed by atoms with Crippen LogP contribution in [-0.2, 0) is 9.59 Å². The van der Waals surface area contributed by atoms with Crippen molar-refractivity contribution in [3.63, 3.8) is 0 Å². The van der Waals surface area contributed by atoms with Crippen LogP contribution in [0.15, 0.2) is 72.3 Å². The van der Waals surface area contributed by atoms with Gasteiger partial charge in [0.15, 0.2) is 0 Å². The van der Waals surface area contributed by atoms with Crippen LogP contribution in [0.4, 0.5) is 18.9 Å². The first-order chi connectivity index (χ1) is 17.5. The van der Waals surface area contributed by atoms with Crippen LogP contribution in [0, 0.1) is 6.92 Å². The number of benzene rings is 3. The lowest BCUT2D eigenvalue weighted by Gasteiger charge is -2.26. The second-order valence-corrected chi connectivity index (χ2v) is 8.61. The summed E-state index contributed by atoms with van der Waals surface area (Å²) < 4.78 is 48.0. The van der Waals surface area contributed by atoms with E-state index in [1.165, 1.54) is 30.3 Å². The van der Waals surface area contributed by atoms with Gasteiger partial charge < -0.3 is 14.6 Å². The Labute approximate surface area is 215 Å². The molecule has 1 N–H and O–H groups in total. The third-order valence-electron chi connectivity index (χ3n) is 5.64. The highest BCUT2D eigenvalue weighted by molar-refractivity contribution is 6.51. The van der Waals surface area contributed by atoms with Crippen LogP contribution < -0.4 is 14.4 Å². The van der Waals surface area contributed by atoms with Gasteiger partial charge in [0, 0.05) is 17.3 Å². The molecule has 37 heavy (non-hydrogen) atoms. The van der Waals surface area contributed by atoms with Gasteiger partial charge in [0.1, 0.15) is 17.3 Å². The Morgan fingerprint density at radius 3 is 2.46 bits per heavy atom. The van der Waals surface area contributed by atoms with Crippen molar-refractivity contribution in [2.45, 2.75) is 26.3 Å². The fourth-order valence-electron chi connectivity index (χ4n) is 4.16. The van der Waals surface area contributed by atoms with E-state index in [4.69, 9.17) is 16.3 Å². The summed E-state index contributed by atoms with van der Waals surface area (Å²) in [5, 5.41) is 11.6. The summed E-state index contributed by atoms with van der Waals surface area (Å²) in [5.41, 5.74) is 1.21. The Morgan fingerprint density at radius 1 is 1.05 bits per heavy atom. The van der Waals surface area contributed by atoms with Crippen LogP contribution in [0.5, 0.6) is 11.5 Å². The molecule has 0 saturated carbocycles. The van der Waals surface area contributed by atoms with Crippen LogP contribution in [0.3, 0.4) is 0 Å². The third-order valence-corrected chi connectivity index (χ3v) is 5.95. The van der Waals surface area contributed by atoms with Crippen molar-refractivity contribution in [1.82, 2.24) is 0 Å². The number of alkyl halides is 3. The summed E-state index contributed by atoms with van der Waals surface area (Å²) in [4.78, 5) is 27.6. The number of aryl methyl sites for hydroxylation is 1. The average Bonchev–Trinajstić information content (AvgIpc) is 3.10. The van der Waals surface area contributed by atoms with Gasteiger partial charge >= 0.3 is 6.36 Å². The summed E-state index contributed by atoms with van der Waals surface area (Å²) in [7, 11) is 0. The molecule has 1 aliphatic heterocycles. The van der Waals surface area contributed by atoms with Gasteiger partial charge in [-0.1, -0.05) is 47.5 Å². The molecule has 1 fully saturated rings. The number of aliphatic hydroxyl groups is 1. The zero-order chi connectivity index (χ0) is 26.9. The monoisotopic (exact) mass is 531 g/mol. The van der Waals surface area contributed by atoms with E-state index in [1.807, 2.05) is 0 Å². The number of rotatable bonds is 6. The molecule has 1 heterocycles. The zero-order valence-corrected chi connectivity index (χ0v) is 20.4. The lowest BCUT2D eigenvalue weighted by Crippen LogP contribution is -2.29. The SMILES string of the molecule is CCOc1cc(/C(O)=C2\C(=O)C(=O)N(c3cccc(OC(F)(F)F)c3)C2c2cccc(C)c2)ccc1Cl. The number of carbonyl (C=O) groups is 2. The third kappa shape index (κ3) is 5.41. The number of halogens is 4. The number of hydrogen-bond donors (Lipinski definition) is 1. The average molecular weight is 532 g/mol. The number of ketones is 1.